The van der Waals surface area contributed by atoms with Gasteiger partial charge in [0.1, 0.15) is 6.61 Å². The van der Waals surface area contributed by atoms with Gasteiger partial charge in [-0.15, -0.1) is 0 Å². The first-order valence-electron chi connectivity index (χ1n) is 8.75. The van der Waals surface area contributed by atoms with E-state index in [1.165, 1.54) is 39.1 Å². The van der Waals surface area contributed by atoms with Gasteiger partial charge in [0.2, 0.25) is 11.8 Å². The van der Waals surface area contributed by atoms with Crippen molar-refractivity contribution in [3.63, 3.8) is 0 Å². The fourth-order valence-corrected chi connectivity index (χ4v) is 2.41. The zero-order valence-electron chi connectivity index (χ0n) is 16.6. The highest BCUT2D eigenvalue weighted by atomic mass is 19.4. The normalized spacial score (nSPS) is 11.9. The van der Waals surface area contributed by atoms with Gasteiger partial charge in [-0.2, -0.15) is 26.3 Å². The number of carbonyl (C=O) groups is 1. The molecule has 0 N–H and O–H groups in total. The predicted octanol–water partition coefficient (Wildman–Crippen LogP) is 4.64. The molecule has 12 heteroatoms. The van der Waals surface area contributed by atoms with Crippen molar-refractivity contribution in [3.8, 4) is 11.8 Å². The summed E-state index contributed by atoms with van der Waals surface area (Å²) in [6.07, 6.45) is -7.82. The summed E-state index contributed by atoms with van der Waals surface area (Å²) in [5.41, 5.74) is 1.07. The lowest BCUT2D eigenvalue weighted by Gasteiger charge is -2.14. The minimum Gasteiger partial charge on any atom is -0.468 e. The Bertz CT molecular complexity index is 944. The van der Waals surface area contributed by atoms with Gasteiger partial charge in [-0.1, -0.05) is 0 Å². The molecule has 0 amide bonds. The van der Waals surface area contributed by atoms with Gasteiger partial charge in [-0.05, 0) is 32.9 Å². The van der Waals surface area contributed by atoms with Crippen LogP contribution in [-0.2, 0) is 11.3 Å². The first-order chi connectivity index (χ1) is 14.2. The Balaban J connectivity index is 2.02. The number of hydrogen-bond acceptors (Lipinski definition) is 6. The van der Waals surface area contributed by atoms with E-state index in [-0.39, 0.29) is 35.2 Å². The van der Waals surface area contributed by atoms with Crippen LogP contribution in [0.15, 0.2) is 18.3 Å². The molecule has 2 aromatic rings. The first kappa shape index (κ1) is 24.2. The summed E-state index contributed by atoms with van der Waals surface area (Å²) >= 11 is 0. The van der Waals surface area contributed by atoms with Crippen LogP contribution < -0.4 is 9.47 Å². The topological polar surface area (TPSA) is 70.5 Å². The third-order valence-electron chi connectivity index (χ3n) is 3.78. The van der Waals surface area contributed by atoms with Crippen LogP contribution in [0.2, 0.25) is 0 Å². The number of carbonyl (C=O) groups excluding carboxylic acids is 1. The van der Waals surface area contributed by atoms with Gasteiger partial charge in [0.15, 0.2) is 13.2 Å². The average Bonchev–Trinajstić information content (AvgIpc) is 2.64. The van der Waals surface area contributed by atoms with Crippen molar-refractivity contribution in [2.24, 2.45) is 0 Å². The summed E-state index contributed by atoms with van der Waals surface area (Å²) < 4.78 is 88.0. The average molecular weight is 452 g/mol. The highest BCUT2D eigenvalue weighted by Crippen LogP contribution is 2.24. The van der Waals surface area contributed by atoms with E-state index in [1.807, 2.05) is 0 Å². The van der Waals surface area contributed by atoms with E-state index in [1.54, 1.807) is 0 Å². The lowest BCUT2D eigenvalue weighted by Crippen LogP contribution is -2.20. The number of halogens is 6. The SMILES string of the molecule is Cc1cc(COC(=O)c2cc(C)c(OCC(F)(F)F)nc2C)cnc1OCC(F)(F)F. The van der Waals surface area contributed by atoms with Crippen molar-refractivity contribution >= 4 is 5.97 Å². The van der Waals surface area contributed by atoms with Gasteiger partial charge in [0.05, 0.1) is 11.3 Å². The molecule has 31 heavy (non-hydrogen) atoms. The fraction of sp³-hybridized carbons (Fsp3) is 0.421. The van der Waals surface area contributed by atoms with E-state index in [2.05, 4.69) is 19.4 Å². The lowest BCUT2D eigenvalue weighted by molar-refractivity contribution is -0.154. The molecule has 170 valence electrons. The third kappa shape index (κ3) is 7.61. The number of alkyl halides is 6. The van der Waals surface area contributed by atoms with Crippen LogP contribution >= 0.6 is 0 Å². The van der Waals surface area contributed by atoms with Crippen LogP contribution in [-0.4, -0.2) is 41.5 Å². The molecule has 0 spiro atoms. The van der Waals surface area contributed by atoms with Gasteiger partial charge >= 0.3 is 18.3 Å². The van der Waals surface area contributed by atoms with E-state index < -0.39 is 31.5 Å². The summed E-state index contributed by atoms with van der Waals surface area (Å²) in [6.45, 7) is 1.09. The van der Waals surface area contributed by atoms with Crippen LogP contribution in [0.4, 0.5) is 26.3 Å². The van der Waals surface area contributed by atoms with Gasteiger partial charge in [-0.3, -0.25) is 0 Å². The number of nitrogens with zero attached hydrogens (tertiary/aromatic N) is 2. The summed E-state index contributed by atoms with van der Waals surface area (Å²) in [7, 11) is 0. The molecule has 0 bridgehead atoms. The molecular formula is C19H18F6N2O4. The van der Waals surface area contributed by atoms with Crippen molar-refractivity contribution in [1.29, 1.82) is 0 Å². The molecule has 0 saturated heterocycles. The van der Waals surface area contributed by atoms with Gasteiger partial charge in [-0.25, -0.2) is 14.8 Å². The molecular weight excluding hydrogens is 434 g/mol. The Morgan fingerprint density at radius 3 is 2.00 bits per heavy atom. The minimum atomic E-state index is -4.53. The molecule has 0 aliphatic rings. The largest absolute Gasteiger partial charge is 0.468 e. The van der Waals surface area contributed by atoms with Gasteiger partial charge < -0.3 is 14.2 Å². The summed E-state index contributed by atoms with van der Waals surface area (Å²) in [5, 5.41) is 0. The van der Waals surface area contributed by atoms with Crippen LogP contribution in [0.25, 0.3) is 0 Å². The summed E-state index contributed by atoms with van der Waals surface area (Å²) in [6, 6.07) is 2.75. The fourth-order valence-electron chi connectivity index (χ4n) is 2.41. The molecule has 0 saturated carbocycles. The maximum absolute atomic E-state index is 12.3. The maximum Gasteiger partial charge on any atom is 0.422 e. The minimum absolute atomic E-state index is 0.0340. The van der Waals surface area contributed by atoms with Crippen LogP contribution in [0.5, 0.6) is 11.8 Å². The second-order valence-electron chi connectivity index (χ2n) is 6.59. The Morgan fingerprint density at radius 2 is 1.45 bits per heavy atom. The highest BCUT2D eigenvalue weighted by Gasteiger charge is 2.30. The Kier molecular flexibility index (Phi) is 7.34. The van der Waals surface area contributed by atoms with E-state index in [0.29, 0.717) is 11.1 Å². The third-order valence-corrected chi connectivity index (χ3v) is 3.78. The molecule has 2 rings (SSSR count). The van der Waals surface area contributed by atoms with Crippen LogP contribution in [0, 0.1) is 20.8 Å². The maximum atomic E-state index is 12.3. The first-order valence-corrected chi connectivity index (χ1v) is 8.75. The summed E-state index contributed by atoms with van der Waals surface area (Å²) in [5.74, 6) is -1.23. The van der Waals surface area contributed by atoms with Crippen LogP contribution in [0.3, 0.4) is 0 Å². The Hall–Kier alpha value is -3.05. The Labute approximate surface area is 173 Å². The number of esters is 1. The molecule has 0 fully saturated rings. The standard InChI is InChI=1S/C19H18F6N2O4/c1-10-4-13(6-26-15(10)30-8-18(20,21)22)7-29-17(28)14-5-11(2)16(27-12(14)3)31-9-19(23,24)25/h4-6H,7-9H2,1-3H3. The van der Waals surface area contributed by atoms with Crippen molar-refractivity contribution in [3.05, 3.63) is 46.3 Å². The van der Waals surface area contributed by atoms with E-state index in [4.69, 9.17) is 4.74 Å². The van der Waals surface area contributed by atoms with Crippen molar-refractivity contribution < 1.29 is 45.3 Å². The zero-order chi connectivity index (χ0) is 23.4. The number of hydrogen-bond donors (Lipinski definition) is 0. The van der Waals surface area contributed by atoms with E-state index in [9.17, 15) is 31.1 Å². The number of aryl methyl sites for hydroxylation is 3. The Morgan fingerprint density at radius 1 is 0.903 bits per heavy atom. The molecule has 0 aliphatic carbocycles. The quantitative estimate of drug-likeness (QED) is 0.450. The molecule has 0 radical (unpaired) electrons. The molecule has 2 heterocycles. The molecule has 0 aromatic carbocycles. The number of ether oxygens (including phenoxy) is 3. The van der Waals surface area contributed by atoms with E-state index in [0.717, 1.165) is 0 Å². The van der Waals surface area contributed by atoms with Crippen LogP contribution in [0.1, 0.15) is 32.7 Å². The van der Waals surface area contributed by atoms with Crippen molar-refractivity contribution in [1.82, 2.24) is 9.97 Å². The lowest BCUT2D eigenvalue weighted by atomic mass is 10.1. The number of pyridine rings is 2. The molecule has 0 unspecified atom stereocenters. The van der Waals surface area contributed by atoms with Gasteiger partial charge in [0, 0.05) is 22.9 Å². The van der Waals surface area contributed by atoms with E-state index >= 15 is 0 Å². The van der Waals surface area contributed by atoms with Crippen molar-refractivity contribution in [2.45, 2.75) is 39.7 Å². The van der Waals surface area contributed by atoms with Gasteiger partial charge in [0.25, 0.3) is 0 Å². The highest BCUT2D eigenvalue weighted by molar-refractivity contribution is 5.90. The molecule has 6 nitrogen and oxygen atoms in total. The summed E-state index contributed by atoms with van der Waals surface area (Å²) in [4.78, 5) is 20.0. The monoisotopic (exact) mass is 452 g/mol. The molecule has 2 aromatic heterocycles. The van der Waals surface area contributed by atoms with Crippen molar-refractivity contribution in [2.75, 3.05) is 13.2 Å². The molecule has 0 aliphatic heterocycles. The predicted molar refractivity (Wildman–Crippen MR) is 94.9 cm³/mol. The second kappa shape index (κ2) is 9.40. The number of aromatic nitrogens is 2. The molecule has 0 atom stereocenters. The zero-order valence-corrected chi connectivity index (χ0v) is 16.6. The smallest absolute Gasteiger partial charge is 0.422 e. The second-order valence-corrected chi connectivity index (χ2v) is 6.59. The number of rotatable bonds is 7.